The fourth-order valence-corrected chi connectivity index (χ4v) is 3.78. The second kappa shape index (κ2) is 8.77. The van der Waals surface area contributed by atoms with Crippen molar-refractivity contribution in [2.24, 2.45) is 0 Å². The van der Waals surface area contributed by atoms with E-state index in [1.165, 1.54) is 13.3 Å². The summed E-state index contributed by atoms with van der Waals surface area (Å²) in [5.41, 5.74) is 0.357. The summed E-state index contributed by atoms with van der Waals surface area (Å²) in [5.74, 6) is -0.669. The molecule has 2 heterocycles. The molecule has 2 N–H and O–H groups in total. The van der Waals surface area contributed by atoms with Gasteiger partial charge >= 0.3 is 0 Å². The zero-order valence-corrected chi connectivity index (χ0v) is 16.1. The van der Waals surface area contributed by atoms with E-state index in [4.69, 9.17) is 4.74 Å². The van der Waals surface area contributed by atoms with E-state index >= 15 is 0 Å². The summed E-state index contributed by atoms with van der Waals surface area (Å²) in [6.45, 7) is 2.55. The van der Waals surface area contributed by atoms with Crippen molar-refractivity contribution in [1.82, 2.24) is 15.2 Å². The average molecular weight is 387 g/mol. The highest BCUT2D eigenvalue weighted by Crippen LogP contribution is 2.38. The number of carbonyl (C=O) groups excluding carboxylic acids is 1. The van der Waals surface area contributed by atoms with Crippen molar-refractivity contribution >= 4 is 5.91 Å². The predicted octanol–water partition coefficient (Wildman–Crippen LogP) is 2.05. The van der Waals surface area contributed by atoms with Gasteiger partial charge in [-0.1, -0.05) is 30.3 Å². The van der Waals surface area contributed by atoms with Crippen molar-refractivity contribution in [2.45, 2.75) is 37.6 Å². The van der Waals surface area contributed by atoms with E-state index in [1.54, 1.807) is 19.2 Å². The highest BCUT2D eigenvalue weighted by molar-refractivity contribution is 5.77. The first kappa shape index (κ1) is 20.4. The number of aliphatic hydroxyl groups is 1. The maximum atomic E-state index is 14.2. The number of hydrogen-bond acceptors (Lipinski definition) is 5. The number of nitrogens with zero attached hydrogens (tertiary/aromatic N) is 2. The minimum Gasteiger partial charge on any atom is -0.388 e. The molecule has 3 unspecified atom stereocenters. The zero-order valence-electron chi connectivity index (χ0n) is 16.1. The minimum absolute atomic E-state index is 0.0902. The molecule has 0 radical (unpaired) electrons. The molecule has 6 nitrogen and oxygen atoms in total. The summed E-state index contributed by atoms with van der Waals surface area (Å²) in [6, 6.07) is 10.4. The van der Waals surface area contributed by atoms with E-state index in [1.807, 2.05) is 30.3 Å². The van der Waals surface area contributed by atoms with Gasteiger partial charge in [0.05, 0.1) is 23.9 Å². The normalized spacial score (nSPS) is 25.4. The lowest BCUT2D eigenvalue weighted by atomic mass is 9.79. The quantitative estimate of drug-likeness (QED) is 0.794. The van der Waals surface area contributed by atoms with Gasteiger partial charge in [0.25, 0.3) is 0 Å². The molecule has 0 aliphatic carbocycles. The van der Waals surface area contributed by atoms with Crippen LogP contribution in [0.5, 0.6) is 0 Å². The van der Waals surface area contributed by atoms with Gasteiger partial charge in [-0.25, -0.2) is 4.39 Å². The molecule has 150 valence electrons. The van der Waals surface area contributed by atoms with Crippen LogP contribution in [0.3, 0.4) is 0 Å². The van der Waals surface area contributed by atoms with Crippen molar-refractivity contribution in [3.63, 3.8) is 0 Å². The highest BCUT2D eigenvalue weighted by Gasteiger charge is 2.46. The van der Waals surface area contributed by atoms with Gasteiger partial charge < -0.3 is 15.2 Å². The van der Waals surface area contributed by atoms with Crippen LogP contribution in [0.1, 0.15) is 30.5 Å². The summed E-state index contributed by atoms with van der Waals surface area (Å²) in [5, 5.41) is 14.0. The number of nitrogens with one attached hydrogen (secondary N) is 1. The van der Waals surface area contributed by atoms with Crippen molar-refractivity contribution in [3.05, 3.63) is 65.7 Å². The Morgan fingerprint density at radius 2 is 2.14 bits per heavy atom. The standard InChI is InChI=1S/C21H26FN3O3/c1-21(27)9-11-25(13-16-8-10-23-12-17(16)22)19(15-6-4-3-5-7-15)20(21)24-18(26)14-28-2/h3-8,10,12,19-20,27H,9,11,13-14H2,1-2H3,(H,24,26). The molecule has 2 aromatic rings. The minimum atomic E-state index is -1.11. The van der Waals surface area contributed by atoms with E-state index in [0.29, 0.717) is 25.1 Å². The molecular formula is C21H26FN3O3. The predicted molar refractivity (Wildman–Crippen MR) is 103 cm³/mol. The van der Waals surface area contributed by atoms with E-state index in [9.17, 15) is 14.3 Å². The van der Waals surface area contributed by atoms with E-state index in [-0.39, 0.29) is 24.4 Å². The van der Waals surface area contributed by atoms with Crippen LogP contribution < -0.4 is 5.32 Å². The van der Waals surface area contributed by atoms with Gasteiger partial charge in [0.2, 0.25) is 5.91 Å². The molecule has 1 aliphatic heterocycles. The number of piperidine rings is 1. The lowest BCUT2D eigenvalue weighted by Crippen LogP contribution is -2.62. The molecule has 1 amide bonds. The number of amides is 1. The SMILES string of the molecule is COCC(=O)NC1C(c2ccccc2)N(Cc2ccncc2F)CCC1(C)O. The maximum Gasteiger partial charge on any atom is 0.246 e. The smallest absolute Gasteiger partial charge is 0.246 e. The second-order valence-electron chi connectivity index (χ2n) is 7.38. The van der Waals surface area contributed by atoms with Crippen LogP contribution in [0.4, 0.5) is 4.39 Å². The Labute approximate surface area is 164 Å². The second-order valence-corrected chi connectivity index (χ2v) is 7.38. The third-order valence-corrected chi connectivity index (χ3v) is 5.25. The number of halogens is 1. The number of hydrogen-bond donors (Lipinski definition) is 2. The van der Waals surface area contributed by atoms with Gasteiger partial charge in [-0.2, -0.15) is 0 Å². The maximum absolute atomic E-state index is 14.2. The summed E-state index contributed by atoms with van der Waals surface area (Å²) in [4.78, 5) is 18.2. The van der Waals surface area contributed by atoms with Crippen LogP contribution in [0, 0.1) is 5.82 Å². The largest absolute Gasteiger partial charge is 0.388 e. The number of ether oxygens (including phenoxy) is 1. The molecule has 0 saturated carbocycles. The molecule has 3 atom stereocenters. The Bertz CT molecular complexity index is 800. The topological polar surface area (TPSA) is 74.7 Å². The van der Waals surface area contributed by atoms with Crippen LogP contribution >= 0.6 is 0 Å². The fourth-order valence-electron chi connectivity index (χ4n) is 3.78. The Hall–Kier alpha value is -2.35. The number of aromatic nitrogens is 1. The van der Waals surface area contributed by atoms with E-state index in [0.717, 1.165) is 5.56 Å². The first-order chi connectivity index (χ1) is 13.4. The molecule has 1 saturated heterocycles. The summed E-state index contributed by atoms with van der Waals surface area (Å²) >= 11 is 0. The van der Waals surface area contributed by atoms with Crippen LogP contribution in [0.2, 0.25) is 0 Å². The van der Waals surface area contributed by atoms with Crippen molar-refractivity contribution in [1.29, 1.82) is 0 Å². The molecular weight excluding hydrogens is 361 g/mol. The van der Waals surface area contributed by atoms with Crippen LogP contribution in [0.15, 0.2) is 48.8 Å². The Kier molecular flexibility index (Phi) is 6.39. The molecule has 1 fully saturated rings. The molecule has 3 rings (SSSR count). The van der Waals surface area contributed by atoms with Gasteiger partial charge in [-0.05, 0) is 25.0 Å². The molecule has 1 aromatic heterocycles. The molecule has 7 heteroatoms. The summed E-state index contributed by atoms with van der Waals surface area (Å²) < 4.78 is 19.1. The van der Waals surface area contributed by atoms with Gasteiger partial charge in [0.15, 0.2) is 0 Å². The highest BCUT2D eigenvalue weighted by atomic mass is 19.1. The van der Waals surface area contributed by atoms with Gasteiger partial charge in [0.1, 0.15) is 12.4 Å². The Morgan fingerprint density at radius 3 is 2.82 bits per heavy atom. The number of pyridine rings is 1. The lowest BCUT2D eigenvalue weighted by molar-refractivity contribution is -0.132. The first-order valence-electron chi connectivity index (χ1n) is 9.30. The fraction of sp³-hybridized carbons (Fsp3) is 0.429. The van der Waals surface area contributed by atoms with Gasteiger partial charge in [0, 0.05) is 32.0 Å². The molecule has 28 heavy (non-hydrogen) atoms. The molecule has 1 aliphatic rings. The number of rotatable bonds is 6. The molecule has 1 aromatic carbocycles. The summed E-state index contributed by atoms with van der Waals surface area (Å²) in [6.07, 6.45) is 3.21. The van der Waals surface area contributed by atoms with Crippen LogP contribution in [0.25, 0.3) is 0 Å². The van der Waals surface area contributed by atoms with Crippen molar-refractivity contribution < 1.29 is 19.0 Å². The van der Waals surface area contributed by atoms with Gasteiger partial charge in [-0.3, -0.25) is 14.7 Å². The van der Waals surface area contributed by atoms with Crippen molar-refractivity contribution in [3.8, 4) is 0 Å². The van der Waals surface area contributed by atoms with Crippen molar-refractivity contribution in [2.75, 3.05) is 20.3 Å². The van der Waals surface area contributed by atoms with E-state index < -0.39 is 11.6 Å². The average Bonchev–Trinajstić information content (AvgIpc) is 2.67. The van der Waals surface area contributed by atoms with Gasteiger partial charge in [-0.15, -0.1) is 0 Å². The zero-order chi connectivity index (χ0) is 20.1. The van der Waals surface area contributed by atoms with Crippen LogP contribution in [-0.4, -0.2) is 52.8 Å². The Morgan fingerprint density at radius 1 is 1.39 bits per heavy atom. The monoisotopic (exact) mass is 387 g/mol. The third-order valence-electron chi connectivity index (χ3n) is 5.25. The third kappa shape index (κ3) is 4.55. The number of carbonyl (C=O) groups is 1. The number of methoxy groups -OCH3 is 1. The first-order valence-corrected chi connectivity index (χ1v) is 9.30. The van der Waals surface area contributed by atoms with E-state index in [2.05, 4.69) is 15.2 Å². The number of benzene rings is 1. The van der Waals surface area contributed by atoms with Crippen LogP contribution in [-0.2, 0) is 16.1 Å². The summed E-state index contributed by atoms with van der Waals surface area (Å²) in [7, 11) is 1.45. The molecule has 0 spiro atoms. The molecule has 0 bridgehead atoms. The lowest BCUT2D eigenvalue weighted by Gasteiger charge is -2.49. The number of likely N-dealkylation sites (tertiary alicyclic amines) is 1. The Balaban J connectivity index is 1.96.